The first kappa shape index (κ1) is 12.6. The molecule has 2 rings (SSSR count). The number of benzene rings is 1. The summed E-state index contributed by atoms with van der Waals surface area (Å²) in [5.74, 6) is 0.0162. The highest BCUT2D eigenvalue weighted by Crippen LogP contribution is 2.18. The van der Waals surface area contributed by atoms with Crippen LogP contribution in [0.25, 0.3) is 0 Å². The summed E-state index contributed by atoms with van der Waals surface area (Å²) in [5, 5.41) is 11.9. The number of carbonyl (C=O) groups excluding carboxylic acids is 1. The standard InChI is InChI=1S/C14H17N3O/c1-2-17(7-3-6-15)14(18)11-4-5-12-9-16-10-13(12)8-11/h4-5,8,16H,2-3,7,9-10H2,1H3. The highest BCUT2D eigenvalue weighted by atomic mass is 16.2. The van der Waals surface area contributed by atoms with E-state index in [0.717, 1.165) is 18.7 Å². The minimum Gasteiger partial charge on any atom is -0.338 e. The maximum Gasteiger partial charge on any atom is 0.253 e. The number of hydrogen-bond donors (Lipinski definition) is 1. The lowest BCUT2D eigenvalue weighted by Gasteiger charge is -2.19. The lowest BCUT2D eigenvalue weighted by atomic mass is 10.1. The first-order valence-electron chi connectivity index (χ1n) is 6.25. The Hall–Kier alpha value is -1.86. The third kappa shape index (κ3) is 2.52. The van der Waals surface area contributed by atoms with Gasteiger partial charge in [-0.15, -0.1) is 0 Å². The van der Waals surface area contributed by atoms with Crippen LogP contribution >= 0.6 is 0 Å². The third-order valence-electron chi connectivity index (χ3n) is 3.25. The smallest absolute Gasteiger partial charge is 0.253 e. The molecular formula is C14H17N3O. The van der Waals surface area contributed by atoms with Crippen LogP contribution in [-0.2, 0) is 13.1 Å². The summed E-state index contributed by atoms with van der Waals surface area (Å²) in [4.78, 5) is 14.0. The van der Waals surface area contributed by atoms with E-state index in [-0.39, 0.29) is 5.91 Å². The number of carbonyl (C=O) groups is 1. The van der Waals surface area contributed by atoms with E-state index in [2.05, 4.69) is 11.4 Å². The van der Waals surface area contributed by atoms with Crippen LogP contribution in [0.3, 0.4) is 0 Å². The maximum atomic E-state index is 12.3. The Morgan fingerprint density at radius 2 is 2.22 bits per heavy atom. The van der Waals surface area contributed by atoms with Crippen LogP contribution in [0, 0.1) is 11.3 Å². The van der Waals surface area contributed by atoms with Gasteiger partial charge in [-0.25, -0.2) is 0 Å². The molecule has 0 saturated carbocycles. The number of amides is 1. The molecule has 1 N–H and O–H groups in total. The van der Waals surface area contributed by atoms with E-state index >= 15 is 0 Å². The zero-order chi connectivity index (χ0) is 13.0. The maximum absolute atomic E-state index is 12.3. The van der Waals surface area contributed by atoms with Crippen molar-refractivity contribution in [2.45, 2.75) is 26.4 Å². The first-order chi connectivity index (χ1) is 8.76. The van der Waals surface area contributed by atoms with Gasteiger partial charge in [-0.05, 0) is 30.2 Å². The van der Waals surface area contributed by atoms with Gasteiger partial charge in [0.15, 0.2) is 0 Å². The van der Waals surface area contributed by atoms with Gasteiger partial charge in [0.05, 0.1) is 12.5 Å². The highest BCUT2D eigenvalue weighted by Gasteiger charge is 2.17. The molecule has 4 heteroatoms. The summed E-state index contributed by atoms with van der Waals surface area (Å²) in [6, 6.07) is 7.93. The van der Waals surface area contributed by atoms with Crippen molar-refractivity contribution in [2.24, 2.45) is 0 Å². The number of nitrogens with zero attached hydrogens (tertiary/aromatic N) is 2. The van der Waals surface area contributed by atoms with E-state index in [1.165, 1.54) is 11.1 Å². The lowest BCUT2D eigenvalue weighted by Crippen LogP contribution is -2.31. The van der Waals surface area contributed by atoms with Crippen LogP contribution in [0.4, 0.5) is 0 Å². The van der Waals surface area contributed by atoms with Crippen LogP contribution < -0.4 is 5.32 Å². The van der Waals surface area contributed by atoms with Crippen LogP contribution in [0.2, 0.25) is 0 Å². The molecule has 0 bridgehead atoms. The fourth-order valence-electron chi connectivity index (χ4n) is 2.20. The van der Waals surface area contributed by atoms with E-state index in [4.69, 9.17) is 5.26 Å². The molecular weight excluding hydrogens is 226 g/mol. The van der Waals surface area contributed by atoms with Crippen molar-refractivity contribution in [1.82, 2.24) is 10.2 Å². The van der Waals surface area contributed by atoms with Crippen molar-refractivity contribution >= 4 is 5.91 Å². The van der Waals surface area contributed by atoms with Crippen molar-refractivity contribution in [2.75, 3.05) is 13.1 Å². The molecule has 0 aromatic heterocycles. The Labute approximate surface area is 107 Å². The topological polar surface area (TPSA) is 56.1 Å². The van der Waals surface area contributed by atoms with Crippen molar-refractivity contribution in [3.05, 3.63) is 34.9 Å². The molecule has 4 nitrogen and oxygen atoms in total. The molecule has 94 valence electrons. The summed E-state index contributed by atoms with van der Waals surface area (Å²) in [6.07, 6.45) is 0.381. The van der Waals surface area contributed by atoms with Crippen molar-refractivity contribution in [3.8, 4) is 6.07 Å². The molecule has 0 aliphatic carbocycles. The molecule has 18 heavy (non-hydrogen) atoms. The van der Waals surface area contributed by atoms with E-state index < -0.39 is 0 Å². The van der Waals surface area contributed by atoms with Crippen molar-refractivity contribution < 1.29 is 4.79 Å². The Kier molecular flexibility index (Phi) is 3.96. The van der Waals surface area contributed by atoms with Gasteiger partial charge in [0.1, 0.15) is 0 Å². The van der Waals surface area contributed by atoms with Crippen LogP contribution in [-0.4, -0.2) is 23.9 Å². The minimum atomic E-state index is 0.0162. The van der Waals surface area contributed by atoms with E-state index in [0.29, 0.717) is 19.5 Å². The fraction of sp³-hybridized carbons (Fsp3) is 0.429. The minimum absolute atomic E-state index is 0.0162. The van der Waals surface area contributed by atoms with Gasteiger partial charge < -0.3 is 10.2 Å². The normalized spacial score (nSPS) is 12.9. The molecule has 1 amide bonds. The van der Waals surface area contributed by atoms with Crippen molar-refractivity contribution in [1.29, 1.82) is 5.26 Å². The zero-order valence-corrected chi connectivity index (χ0v) is 10.6. The second kappa shape index (κ2) is 5.65. The molecule has 1 aliphatic heterocycles. The largest absolute Gasteiger partial charge is 0.338 e. The second-order valence-corrected chi connectivity index (χ2v) is 4.38. The predicted octanol–water partition coefficient (Wildman–Crippen LogP) is 1.67. The van der Waals surface area contributed by atoms with Gasteiger partial charge in [0.2, 0.25) is 0 Å². The summed E-state index contributed by atoms with van der Waals surface area (Å²) >= 11 is 0. The highest BCUT2D eigenvalue weighted by molar-refractivity contribution is 5.94. The van der Waals surface area contributed by atoms with Gasteiger partial charge in [0, 0.05) is 31.7 Å². The monoisotopic (exact) mass is 243 g/mol. The van der Waals surface area contributed by atoms with Crippen LogP contribution in [0.5, 0.6) is 0 Å². The number of nitriles is 1. The molecule has 0 atom stereocenters. The molecule has 0 saturated heterocycles. The number of fused-ring (bicyclic) bond motifs is 1. The Morgan fingerprint density at radius 1 is 1.44 bits per heavy atom. The first-order valence-corrected chi connectivity index (χ1v) is 6.25. The molecule has 1 heterocycles. The zero-order valence-electron chi connectivity index (χ0n) is 10.6. The average Bonchev–Trinajstić information content (AvgIpc) is 2.86. The Bertz CT molecular complexity index is 490. The quantitative estimate of drug-likeness (QED) is 0.875. The Morgan fingerprint density at radius 3 is 2.94 bits per heavy atom. The number of hydrogen-bond acceptors (Lipinski definition) is 3. The van der Waals surface area contributed by atoms with E-state index in [1.807, 2.05) is 25.1 Å². The molecule has 0 unspecified atom stereocenters. The molecule has 1 aromatic rings. The molecule has 1 aliphatic rings. The van der Waals surface area contributed by atoms with Gasteiger partial charge in [-0.3, -0.25) is 4.79 Å². The summed E-state index contributed by atoms with van der Waals surface area (Å²) in [6.45, 7) is 4.79. The van der Waals surface area contributed by atoms with Crippen molar-refractivity contribution in [3.63, 3.8) is 0 Å². The van der Waals surface area contributed by atoms with Gasteiger partial charge in [0.25, 0.3) is 5.91 Å². The van der Waals surface area contributed by atoms with Crippen LogP contribution in [0.1, 0.15) is 34.8 Å². The summed E-state index contributed by atoms with van der Waals surface area (Å²) < 4.78 is 0. The molecule has 0 radical (unpaired) electrons. The van der Waals surface area contributed by atoms with E-state index in [9.17, 15) is 4.79 Å². The lowest BCUT2D eigenvalue weighted by molar-refractivity contribution is 0.0767. The Balaban J connectivity index is 2.15. The fourth-order valence-corrected chi connectivity index (χ4v) is 2.20. The molecule has 1 aromatic carbocycles. The summed E-state index contributed by atoms with van der Waals surface area (Å²) in [7, 11) is 0. The second-order valence-electron chi connectivity index (χ2n) is 4.38. The van der Waals surface area contributed by atoms with Gasteiger partial charge >= 0.3 is 0 Å². The number of rotatable bonds is 4. The summed E-state index contributed by atoms with van der Waals surface area (Å²) in [5.41, 5.74) is 3.20. The SMILES string of the molecule is CCN(CCC#N)C(=O)c1ccc2c(c1)CNC2. The van der Waals surface area contributed by atoms with Gasteiger partial charge in [-0.2, -0.15) is 5.26 Å². The molecule has 0 fully saturated rings. The van der Waals surface area contributed by atoms with Crippen LogP contribution in [0.15, 0.2) is 18.2 Å². The van der Waals surface area contributed by atoms with E-state index in [1.54, 1.807) is 4.90 Å². The van der Waals surface area contributed by atoms with Gasteiger partial charge in [-0.1, -0.05) is 6.07 Å². The number of nitrogens with one attached hydrogen (secondary N) is 1. The molecule has 0 spiro atoms. The average molecular weight is 243 g/mol. The predicted molar refractivity (Wildman–Crippen MR) is 68.8 cm³/mol. The third-order valence-corrected chi connectivity index (χ3v) is 3.25.